The molecule has 0 aliphatic rings. The molecule has 0 heterocycles. The maximum absolute atomic E-state index is 14.0. The third-order valence-corrected chi connectivity index (χ3v) is 8.85. The molecule has 0 spiro atoms. The van der Waals surface area contributed by atoms with E-state index in [-0.39, 0.29) is 34.8 Å². The Morgan fingerprint density at radius 2 is 1.60 bits per heavy atom. The van der Waals surface area contributed by atoms with Gasteiger partial charge in [0.15, 0.2) is 0 Å². The summed E-state index contributed by atoms with van der Waals surface area (Å²) in [6.45, 7) is 6.75. The molecule has 0 aliphatic carbocycles. The standard InChI is InChI=1S/C30H36ClN3O5S/c1-6-22(3)32-30(36)23(4)33(19-24-11-7-8-12-26(24)31)29(35)20-34(27-13-9-10-14-28(27)39-5)40(37,38)25-17-15-21(2)16-18-25/h7-18,22-23H,6,19-20H2,1-5H3,(H,32,36). The van der Waals surface area contributed by atoms with Crippen LogP contribution in [-0.2, 0) is 26.2 Å². The summed E-state index contributed by atoms with van der Waals surface area (Å²) in [6, 6.07) is 19.0. The van der Waals surface area contributed by atoms with Crippen molar-refractivity contribution in [3.63, 3.8) is 0 Å². The summed E-state index contributed by atoms with van der Waals surface area (Å²) in [6.07, 6.45) is 0.716. The highest BCUT2D eigenvalue weighted by molar-refractivity contribution is 7.92. The van der Waals surface area contributed by atoms with Crippen molar-refractivity contribution in [1.82, 2.24) is 10.2 Å². The lowest BCUT2D eigenvalue weighted by atomic mass is 10.1. The zero-order valence-electron chi connectivity index (χ0n) is 23.4. The second-order valence-electron chi connectivity index (χ2n) is 9.60. The monoisotopic (exact) mass is 585 g/mol. The molecule has 3 aromatic carbocycles. The van der Waals surface area contributed by atoms with E-state index in [0.717, 1.165) is 9.87 Å². The molecule has 0 radical (unpaired) electrons. The average Bonchev–Trinajstić information content (AvgIpc) is 2.95. The highest BCUT2D eigenvalue weighted by Gasteiger charge is 2.34. The largest absolute Gasteiger partial charge is 0.495 e. The molecule has 0 aromatic heterocycles. The van der Waals surface area contributed by atoms with Gasteiger partial charge >= 0.3 is 0 Å². The molecule has 0 fully saturated rings. The van der Waals surface area contributed by atoms with Gasteiger partial charge in [-0.1, -0.05) is 66.6 Å². The summed E-state index contributed by atoms with van der Waals surface area (Å²) in [7, 11) is -2.77. The van der Waals surface area contributed by atoms with Crippen LogP contribution in [0.4, 0.5) is 5.69 Å². The minimum Gasteiger partial charge on any atom is -0.495 e. The Morgan fingerprint density at radius 3 is 2.23 bits per heavy atom. The molecule has 1 N–H and O–H groups in total. The Kier molecular flexibility index (Phi) is 10.6. The van der Waals surface area contributed by atoms with Crippen LogP contribution in [0.15, 0.2) is 77.7 Å². The van der Waals surface area contributed by atoms with Crippen molar-refractivity contribution in [1.29, 1.82) is 0 Å². The number of ether oxygens (including phenoxy) is 1. The summed E-state index contributed by atoms with van der Waals surface area (Å²) in [5.74, 6) is -0.639. The Bertz CT molecular complexity index is 1430. The first-order chi connectivity index (χ1) is 19.0. The fourth-order valence-electron chi connectivity index (χ4n) is 4.04. The molecule has 0 saturated heterocycles. The first-order valence-electron chi connectivity index (χ1n) is 13.0. The van der Waals surface area contributed by atoms with Crippen LogP contribution in [0.2, 0.25) is 5.02 Å². The average molecular weight is 586 g/mol. The van der Waals surface area contributed by atoms with Gasteiger partial charge in [-0.2, -0.15) is 0 Å². The van der Waals surface area contributed by atoms with Gasteiger partial charge in [0, 0.05) is 17.6 Å². The summed E-state index contributed by atoms with van der Waals surface area (Å²) >= 11 is 6.41. The maximum atomic E-state index is 14.0. The van der Waals surface area contributed by atoms with Crippen LogP contribution in [0.1, 0.15) is 38.3 Å². The van der Waals surface area contributed by atoms with Crippen LogP contribution in [0, 0.1) is 6.92 Å². The molecular formula is C30H36ClN3O5S. The number of para-hydroxylation sites is 2. The molecule has 40 heavy (non-hydrogen) atoms. The summed E-state index contributed by atoms with van der Waals surface area (Å²) in [5, 5.41) is 3.35. The summed E-state index contributed by atoms with van der Waals surface area (Å²) in [5.41, 5.74) is 1.73. The predicted octanol–water partition coefficient (Wildman–Crippen LogP) is 5.18. The number of hydrogen-bond acceptors (Lipinski definition) is 5. The third kappa shape index (κ3) is 7.34. The highest BCUT2D eigenvalue weighted by atomic mass is 35.5. The molecular weight excluding hydrogens is 550 g/mol. The predicted molar refractivity (Wildman–Crippen MR) is 158 cm³/mol. The number of anilines is 1. The van der Waals surface area contributed by atoms with Crippen LogP contribution in [0.25, 0.3) is 0 Å². The number of methoxy groups -OCH3 is 1. The van der Waals surface area contributed by atoms with Gasteiger partial charge in [0.2, 0.25) is 11.8 Å². The molecule has 0 saturated carbocycles. The lowest BCUT2D eigenvalue weighted by molar-refractivity contribution is -0.139. The fourth-order valence-corrected chi connectivity index (χ4v) is 5.67. The number of rotatable bonds is 12. The number of benzene rings is 3. The van der Waals surface area contributed by atoms with E-state index in [1.807, 2.05) is 20.8 Å². The van der Waals surface area contributed by atoms with Crippen molar-refractivity contribution in [3.8, 4) is 5.75 Å². The zero-order valence-corrected chi connectivity index (χ0v) is 25.0. The van der Waals surface area contributed by atoms with Crippen molar-refractivity contribution in [2.24, 2.45) is 0 Å². The second kappa shape index (κ2) is 13.7. The topological polar surface area (TPSA) is 96.0 Å². The molecule has 10 heteroatoms. The lowest BCUT2D eigenvalue weighted by Crippen LogP contribution is -2.52. The van der Waals surface area contributed by atoms with Gasteiger partial charge in [0.05, 0.1) is 17.7 Å². The molecule has 3 aromatic rings. The number of hydrogen-bond donors (Lipinski definition) is 1. The number of nitrogens with zero attached hydrogens (tertiary/aromatic N) is 2. The minimum absolute atomic E-state index is 0.0118. The summed E-state index contributed by atoms with van der Waals surface area (Å²) < 4.78 is 34.4. The summed E-state index contributed by atoms with van der Waals surface area (Å²) in [4.78, 5) is 28.6. The molecule has 8 nitrogen and oxygen atoms in total. The van der Waals surface area contributed by atoms with Gasteiger partial charge in [-0.25, -0.2) is 8.42 Å². The Hall–Kier alpha value is -3.56. The first-order valence-corrected chi connectivity index (χ1v) is 14.9. The van der Waals surface area contributed by atoms with E-state index >= 15 is 0 Å². The van der Waals surface area contributed by atoms with Crippen LogP contribution >= 0.6 is 11.6 Å². The Balaban J connectivity index is 2.07. The molecule has 2 atom stereocenters. The number of halogens is 1. The van der Waals surface area contributed by atoms with E-state index in [0.29, 0.717) is 17.0 Å². The number of aryl methyl sites for hydroxylation is 1. The van der Waals surface area contributed by atoms with Crippen molar-refractivity contribution < 1.29 is 22.7 Å². The van der Waals surface area contributed by atoms with Crippen LogP contribution in [-0.4, -0.2) is 50.9 Å². The maximum Gasteiger partial charge on any atom is 0.264 e. The van der Waals surface area contributed by atoms with Gasteiger partial charge < -0.3 is 15.0 Å². The van der Waals surface area contributed by atoms with Crippen LogP contribution in [0.5, 0.6) is 5.75 Å². The molecule has 3 rings (SSSR count). The second-order valence-corrected chi connectivity index (χ2v) is 11.9. The lowest BCUT2D eigenvalue weighted by Gasteiger charge is -2.33. The number of carbonyl (C=O) groups is 2. The zero-order chi connectivity index (χ0) is 29.4. The van der Waals surface area contributed by atoms with Crippen LogP contribution in [0.3, 0.4) is 0 Å². The van der Waals surface area contributed by atoms with Gasteiger partial charge in [0.1, 0.15) is 18.3 Å². The Labute approximate surface area is 241 Å². The number of nitrogens with one attached hydrogen (secondary N) is 1. The van der Waals surface area contributed by atoms with Gasteiger partial charge in [0.25, 0.3) is 10.0 Å². The van der Waals surface area contributed by atoms with Crippen molar-refractivity contribution in [2.45, 2.75) is 57.6 Å². The minimum atomic E-state index is -4.20. The fraction of sp³-hybridized carbons (Fsp3) is 0.333. The van der Waals surface area contributed by atoms with E-state index in [1.165, 1.54) is 24.1 Å². The van der Waals surface area contributed by atoms with Crippen molar-refractivity contribution in [2.75, 3.05) is 18.0 Å². The quantitative estimate of drug-likeness (QED) is 0.316. The SMILES string of the molecule is CCC(C)NC(=O)C(C)N(Cc1ccccc1Cl)C(=O)CN(c1ccccc1OC)S(=O)(=O)c1ccc(C)cc1. The molecule has 0 bridgehead atoms. The van der Waals surface area contributed by atoms with Gasteiger partial charge in [-0.05, 0) is 63.1 Å². The molecule has 0 aliphatic heterocycles. The van der Waals surface area contributed by atoms with Crippen molar-refractivity contribution >= 4 is 39.1 Å². The first kappa shape index (κ1) is 31.0. The Morgan fingerprint density at radius 1 is 0.975 bits per heavy atom. The molecule has 214 valence electrons. The van der Waals surface area contributed by atoms with Gasteiger partial charge in [-0.15, -0.1) is 0 Å². The number of amides is 2. The smallest absolute Gasteiger partial charge is 0.264 e. The van der Waals surface area contributed by atoms with E-state index in [9.17, 15) is 18.0 Å². The molecule has 2 unspecified atom stereocenters. The third-order valence-electron chi connectivity index (χ3n) is 6.71. The normalized spacial score (nSPS) is 12.8. The van der Waals surface area contributed by atoms with Gasteiger partial charge in [-0.3, -0.25) is 13.9 Å². The number of carbonyl (C=O) groups excluding carboxylic acids is 2. The van der Waals surface area contributed by atoms with E-state index in [2.05, 4.69) is 5.32 Å². The number of sulfonamides is 1. The van der Waals surface area contributed by atoms with Crippen LogP contribution < -0.4 is 14.4 Å². The van der Waals surface area contributed by atoms with Crippen molar-refractivity contribution in [3.05, 3.63) is 88.9 Å². The van der Waals surface area contributed by atoms with E-state index in [4.69, 9.17) is 16.3 Å². The highest BCUT2D eigenvalue weighted by Crippen LogP contribution is 2.32. The van der Waals surface area contributed by atoms with E-state index in [1.54, 1.807) is 67.6 Å². The molecule has 2 amide bonds. The van der Waals surface area contributed by atoms with E-state index < -0.39 is 28.5 Å².